The van der Waals surface area contributed by atoms with Crippen LogP contribution in [0.4, 0.5) is 0 Å². The maximum absolute atomic E-state index is 10.8. The number of carboxylic acids is 1. The number of hydrogen-bond acceptors (Lipinski definition) is 6. The van der Waals surface area contributed by atoms with Gasteiger partial charge in [0.25, 0.3) is 0 Å². The van der Waals surface area contributed by atoms with Gasteiger partial charge < -0.3 is 9.84 Å². The lowest BCUT2D eigenvalue weighted by Crippen LogP contribution is -2.26. The number of ether oxygens (including phenoxy) is 1. The zero-order valence-corrected chi connectivity index (χ0v) is 10.8. The van der Waals surface area contributed by atoms with Crippen molar-refractivity contribution in [2.45, 2.75) is 30.7 Å². The topological polar surface area (TPSA) is 72.3 Å². The number of aryl methyl sites for hydroxylation is 1. The Bertz CT molecular complexity index is 343. The fourth-order valence-corrected chi connectivity index (χ4v) is 2.71. The lowest BCUT2D eigenvalue weighted by atomic mass is 10.4. The summed E-state index contributed by atoms with van der Waals surface area (Å²) in [6, 6.07) is 0. The van der Waals surface area contributed by atoms with Gasteiger partial charge in [0.15, 0.2) is 10.4 Å². The molecule has 0 amide bonds. The molecule has 0 spiro atoms. The zero-order chi connectivity index (χ0) is 12.0. The van der Waals surface area contributed by atoms with Crippen LogP contribution in [0.5, 0.6) is 0 Å². The highest BCUT2D eigenvalue weighted by Gasteiger charge is 2.18. The van der Waals surface area contributed by atoms with Crippen molar-refractivity contribution < 1.29 is 14.6 Å². The van der Waals surface area contributed by atoms with Gasteiger partial charge in [-0.1, -0.05) is 18.7 Å². The van der Waals surface area contributed by atoms with Crippen LogP contribution in [0.1, 0.15) is 19.7 Å². The summed E-state index contributed by atoms with van der Waals surface area (Å²) < 4.78 is 10.0. The van der Waals surface area contributed by atoms with E-state index in [0.29, 0.717) is 12.4 Å². The number of aromatic nitrogens is 2. The van der Waals surface area contributed by atoms with E-state index in [1.165, 1.54) is 23.3 Å². The first-order valence-corrected chi connectivity index (χ1v) is 6.73. The van der Waals surface area contributed by atoms with Crippen LogP contribution in [-0.2, 0) is 16.0 Å². The van der Waals surface area contributed by atoms with Gasteiger partial charge in [-0.3, -0.25) is 0 Å². The summed E-state index contributed by atoms with van der Waals surface area (Å²) in [7, 11) is 0. The molecule has 0 aromatic carbocycles. The fraction of sp³-hybridized carbons (Fsp3) is 0.667. The van der Waals surface area contributed by atoms with Gasteiger partial charge in [0.1, 0.15) is 5.82 Å². The Morgan fingerprint density at radius 1 is 1.62 bits per heavy atom. The molecule has 90 valence electrons. The van der Waals surface area contributed by atoms with Gasteiger partial charge in [0.2, 0.25) is 0 Å². The SMILES string of the molecule is CCOC(CSc1nc(CC)ns1)C(=O)O. The van der Waals surface area contributed by atoms with Gasteiger partial charge in [0, 0.05) is 18.8 Å². The first-order chi connectivity index (χ1) is 7.67. The minimum atomic E-state index is -0.936. The number of hydrogen-bond donors (Lipinski definition) is 1. The molecule has 0 radical (unpaired) electrons. The lowest BCUT2D eigenvalue weighted by molar-refractivity contribution is -0.148. The molecular formula is C9H14N2O3S2. The molecule has 1 unspecified atom stereocenters. The van der Waals surface area contributed by atoms with Gasteiger partial charge >= 0.3 is 5.97 Å². The number of carbonyl (C=O) groups is 1. The van der Waals surface area contributed by atoms with Crippen molar-refractivity contribution in [1.29, 1.82) is 0 Å². The number of rotatable bonds is 7. The van der Waals surface area contributed by atoms with E-state index in [0.717, 1.165) is 16.6 Å². The second-order valence-electron chi connectivity index (χ2n) is 2.92. The van der Waals surface area contributed by atoms with Gasteiger partial charge in [-0.05, 0) is 18.5 Å². The summed E-state index contributed by atoms with van der Waals surface area (Å²) in [5, 5.41) is 8.86. The van der Waals surface area contributed by atoms with Crippen LogP contribution in [0.3, 0.4) is 0 Å². The molecule has 1 aromatic heterocycles. The van der Waals surface area contributed by atoms with E-state index in [1.54, 1.807) is 6.92 Å². The maximum Gasteiger partial charge on any atom is 0.333 e. The maximum atomic E-state index is 10.8. The first-order valence-electron chi connectivity index (χ1n) is 4.97. The molecule has 0 saturated carbocycles. The summed E-state index contributed by atoms with van der Waals surface area (Å²) in [6.45, 7) is 4.16. The highest BCUT2D eigenvalue weighted by atomic mass is 32.2. The van der Waals surface area contributed by atoms with E-state index in [4.69, 9.17) is 9.84 Å². The van der Waals surface area contributed by atoms with Crippen LogP contribution in [0.25, 0.3) is 0 Å². The zero-order valence-electron chi connectivity index (χ0n) is 9.17. The number of thioether (sulfide) groups is 1. The minimum Gasteiger partial charge on any atom is -0.479 e. The largest absolute Gasteiger partial charge is 0.479 e. The van der Waals surface area contributed by atoms with Crippen molar-refractivity contribution in [1.82, 2.24) is 9.36 Å². The van der Waals surface area contributed by atoms with Crippen LogP contribution in [0.15, 0.2) is 4.34 Å². The molecule has 0 saturated heterocycles. The Labute approximate surface area is 102 Å². The second-order valence-corrected chi connectivity index (χ2v) is 4.94. The third-order valence-corrected chi connectivity index (χ3v) is 3.70. The van der Waals surface area contributed by atoms with Gasteiger partial charge in [-0.25, -0.2) is 9.78 Å². The highest BCUT2D eigenvalue weighted by Crippen LogP contribution is 2.21. The molecule has 0 fully saturated rings. The molecule has 16 heavy (non-hydrogen) atoms. The molecular weight excluding hydrogens is 248 g/mol. The molecule has 1 rings (SSSR count). The number of carboxylic acid groups (broad SMARTS) is 1. The van der Waals surface area contributed by atoms with Crippen molar-refractivity contribution in [2.75, 3.05) is 12.4 Å². The van der Waals surface area contributed by atoms with Crippen molar-refractivity contribution in [3.8, 4) is 0 Å². The molecule has 0 aliphatic rings. The molecule has 1 atom stereocenters. The normalized spacial score (nSPS) is 12.6. The predicted molar refractivity (Wildman–Crippen MR) is 63.1 cm³/mol. The third kappa shape index (κ3) is 4.07. The molecule has 1 aromatic rings. The van der Waals surface area contributed by atoms with Crippen molar-refractivity contribution in [2.24, 2.45) is 0 Å². The third-order valence-electron chi connectivity index (χ3n) is 1.77. The summed E-state index contributed by atoms with van der Waals surface area (Å²) in [4.78, 5) is 15.0. The van der Waals surface area contributed by atoms with Crippen molar-refractivity contribution >= 4 is 29.3 Å². The Hall–Kier alpha value is -0.660. The molecule has 5 nitrogen and oxygen atoms in total. The lowest BCUT2D eigenvalue weighted by Gasteiger charge is -2.10. The van der Waals surface area contributed by atoms with Crippen LogP contribution in [0.2, 0.25) is 0 Å². The Kier molecular flexibility index (Phi) is 5.72. The van der Waals surface area contributed by atoms with Crippen molar-refractivity contribution in [3.63, 3.8) is 0 Å². The average Bonchev–Trinajstić information content (AvgIpc) is 2.71. The molecule has 0 bridgehead atoms. The summed E-state index contributed by atoms with van der Waals surface area (Å²) in [5.74, 6) is 0.229. The Balaban J connectivity index is 2.45. The summed E-state index contributed by atoms with van der Waals surface area (Å²) in [6.07, 6.45) is 0.0224. The smallest absolute Gasteiger partial charge is 0.333 e. The van der Waals surface area contributed by atoms with E-state index in [1.807, 2.05) is 6.92 Å². The summed E-state index contributed by atoms with van der Waals surface area (Å²) in [5.41, 5.74) is 0. The summed E-state index contributed by atoms with van der Waals surface area (Å²) >= 11 is 2.67. The Morgan fingerprint density at radius 2 is 2.38 bits per heavy atom. The van der Waals surface area contributed by atoms with Gasteiger partial charge in [-0.2, -0.15) is 4.37 Å². The number of aliphatic carboxylic acids is 1. The number of nitrogens with zero attached hydrogens (tertiary/aromatic N) is 2. The predicted octanol–water partition coefficient (Wildman–Crippen LogP) is 1.68. The average molecular weight is 262 g/mol. The van der Waals surface area contributed by atoms with Gasteiger partial charge in [-0.15, -0.1) is 0 Å². The van der Waals surface area contributed by atoms with Crippen molar-refractivity contribution in [3.05, 3.63) is 5.82 Å². The van der Waals surface area contributed by atoms with E-state index < -0.39 is 12.1 Å². The van der Waals surface area contributed by atoms with E-state index in [2.05, 4.69) is 9.36 Å². The van der Waals surface area contributed by atoms with Crippen LogP contribution < -0.4 is 0 Å². The van der Waals surface area contributed by atoms with E-state index in [9.17, 15) is 4.79 Å². The van der Waals surface area contributed by atoms with E-state index in [-0.39, 0.29) is 0 Å². The highest BCUT2D eigenvalue weighted by molar-refractivity contribution is 8.01. The quantitative estimate of drug-likeness (QED) is 0.754. The molecule has 1 heterocycles. The molecule has 0 aliphatic heterocycles. The minimum absolute atomic E-state index is 0.363. The molecule has 0 aliphatic carbocycles. The van der Waals surface area contributed by atoms with Gasteiger partial charge in [0.05, 0.1) is 0 Å². The molecule has 1 N–H and O–H groups in total. The second kappa shape index (κ2) is 6.82. The Morgan fingerprint density at radius 3 is 2.88 bits per heavy atom. The first kappa shape index (κ1) is 13.4. The van der Waals surface area contributed by atoms with Crippen LogP contribution in [0, 0.1) is 0 Å². The van der Waals surface area contributed by atoms with Crippen LogP contribution in [-0.4, -0.2) is 38.9 Å². The monoisotopic (exact) mass is 262 g/mol. The van der Waals surface area contributed by atoms with Crippen LogP contribution >= 0.6 is 23.3 Å². The van der Waals surface area contributed by atoms with E-state index >= 15 is 0 Å². The fourth-order valence-electron chi connectivity index (χ4n) is 0.979. The standard InChI is InChI=1S/C9H14N2O3S2/c1-3-7-10-9(16-11-7)15-5-6(8(12)13)14-4-2/h6H,3-5H2,1-2H3,(H,12,13). The molecule has 7 heteroatoms.